The third-order valence-electron chi connectivity index (χ3n) is 2.49. The fourth-order valence-corrected chi connectivity index (χ4v) is 1.06. The van der Waals surface area contributed by atoms with E-state index in [1.807, 2.05) is 0 Å². The molecular weight excluding hydrogens is 134 g/mol. The minimum absolute atomic E-state index is 0.687. The molecule has 2 atom stereocenters. The van der Waals surface area contributed by atoms with Gasteiger partial charge in [0.05, 0.1) is 0 Å². The SMILES string of the molecule is CCCCNC(C)C(C)CC. The highest BCUT2D eigenvalue weighted by molar-refractivity contribution is 4.66. The Kier molecular flexibility index (Phi) is 6.63. The second-order valence-electron chi connectivity index (χ2n) is 3.48. The first-order valence-electron chi connectivity index (χ1n) is 4.95. The lowest BCUT2D eigenvalue weighted by molar-refractivity contribution is 0.388. The molecule has 0 aromatic rings. The molecule has 0 heterocycles. The molecule has 2 unspecified atom stereocenters. The van der Waals surface area contributed by atoms with Crippen LogP contribution >= 0.6 is 0 Å². The lowest BCUT2D eigenvalue weighted by Gasteiger charge is -2.19. The van der Waals surface area contributed by atoms with E-state index in [0.29, 0.717) is 6.04 Å². The first kappa shape index (κ1) is 11.0. The van der Waals surface area contributed by atoms with Gasteiger partial charge in [0.15, 0.2) is 0 Å². The van der Waals surface area contributed by atoms with Crippen LogP contribution in [0.15, 0.2) is 0 Å². The van der Waals surface area contributed by atoms with Crippen molar-refractivity contribution in [2.24, 2.45) is 5.92 Å². The predicted octanol–water partition coefficient (Wildman–Crippen LogP) is 2.81. The number of nitrogens with one attached hydrogen (secondary N) is 1. The zero-order chi connectivity index (χ0) is 8.69. The zero-order valence-corrected chi connectivity index (χ0v) is 8.48. The summed E-state index contributed by atoms with van der Waals surface area (Å²) in [5, 5.41) is 3.53. The van der Waals surface area contributed by atoms with Gasteiger partial charge in [-0.15, -0.1) is 0 Å². The first-order valence-corrected chi connectivity index (χ1v) is 4.95. The van der Waals surface area contributed by atoms with Gasteiger partial charge in [-0.25, -0.2) is 0 Å². The maximum absolute atomic E-state index is 3.53. The summed E-state index contributed by atoms with van der Waals surface area (Å²) in [6.07, 6.45) is 3.88. The van der Waals surface area contributed by atoms with Gasteiger partial charge < -0.3 is 5.32 Å². The van der Waals surface area contributed by atoms with Crippen molar-refractivity contribution >= 4 is 0 Å². The Morgan fingerprint density at radius 3 is 2.27 bits per heavy atom. The van der Waals surface area contributed by atoms with Crippen LogP contribution in [-0.2, 0) is 0 Å². The Labute approximate surface area is 71.6 Å². The van der Waals surface area contributed by atoms with Crippen molar-refractivity contribution in [3.8, 4) is 0 Å². The molecule has 0 aliphatic heterocycles. The van der Waals surface area contributed by atoms with Crippen molar-refractivity contribution in [1.29, 1.82) is 0 Å². The normalized spacial score (nSPS) is 16.4. The van der Waals surface area contributed by atoms with Crippen LogP contribution in [0.5, 0.6) is 0 Å². The lowest BCUT2D eigenvalue weighted by Crippen LogP contribution is -2.32. The largest absolute Gasteiger partial charge is 0.314 e. The van der Waals surface area contributed by atoms with Crippen molar-refractivity contribution in [3.05, 3.63) is 0 Å². The van der Waals surface area contributed by atoms with Gasteiger partial charge in [0.2, 0.25) is 0 Å². The molecule has 68 valence electrons. The quantitative estimate of drug-likeness (QED) is 0.585. The summed E-state index contributed by atoms with van der Waals surface area (Å²) in [6, 6.07) is 0.687. The first-order chi connectivity index (χ1) is 5.22. The fourth-order valence-electron chi connectivity index (χ4n) is 1.06. The van der Waals surface area contributed by atoms with Gasteiger partial charge in [0, 0.05) is 6.04 Å². The molecule has 0 saturated carbocycles. The molecule has 0 rings (SSSR count). The van der Waals surface area contributed by atoms with Crippen LogP contribution < -0.4 is 5.32 Å². The van der Waals surface area contributed by atoms with E-state index in [2.05, 4.69) is 33.0 Å². The third kappa shape index (κ3) is 5.25. The van der Waals surface area contributed by atoms with Gasteiger partial charge >= 0.3 is 0 Å². The van der Waals surface area contributed by atoms with E-state index in [4.69, 9.17) is 0 Å². The van der Waals surface area contributed by atoms with Gasteiger partial charge in [0.1, 0.15) is 0 Å². The highest BCUT2D eigenvalue weighted by Crippen LogP contribution is 2.06. The molecule has 0 aliphatic carbocycles. The Morgan fingerprint density at radius 2 is 1.82 bits per heavy atom. The van der Waals surface area contributed by atoms with Gasteiger partial charge in [-0.3, -0.25) is 0 Å². The summed E-state index contributed by atoms with van der Waals surface area (Å²) in [5.41, 5.74) is 0. The van der Waals surface area contributed by atoms with Crippen molar-refractivity contribution < 1.29 is 0 Å². The summed E-state index contributed by atoms with van der Waals surface area (Å²) in [7, 11) is 0. The minimum atomic E-state index is 0.687. The van der Waals surface area contributed by atoms with Crippen LogP contribution in [0.25, 0.3) is 0 Å². The van der Waals surface area contributed by atoms with E-state index in [1.165, 1.54) is 25.8 Å². The molecule has 0 fully saturated rings. The molecular formula is C10H23N. The zero-order valence-electron chi connectivity index (χ0n) is 8.48. The number of hydrogen-bond acceptors (Lipinski definition) is 1. The molecule has 0 aromatic carbocycles. The average Bonchev–Trinajstić information content (AvgIpc) is 2.03. The molecule has 0 bridgehead atoms. The minimum Gasteiger partial charge on any atom is -0.314 e. The number of hydrogen-bond donors (Lipinski definition) is 1. The molecule has 0 spiro atoms. The molecule has 0 aliphatic rings. The van der Waals surface area contributed by atoms with E-state index < -0.39 is 0 Å². The highest BCUT2D eigenvalue weighted by Gasteiger charge is 2.07. The Bertz CT molecular complexity index is 80.9. The lowest BCUT2D eigenvalue weighted by atomic mass is 10.0. The summed E-state index contributed by atoms with van der Waals surface area (Å²) in [6.45, 7) is 10.3. The number of rotatable bonds is 6. The van der Waals surface area contributed by atoms with Crippen molar-refractivity contribution in [3.63, 3.8) is 0 Å². The van der Waals surface area contributed by atoms with Gasteiger partial charge in [-0.1, -0.05) is 33.6 Å². The van der Waals surface area contributed by atoms with Gasteiger partial charge in [-0.05, 0) is 25.8 Å². The van der Waals surface area contributed by atoms with E-state index in [9.17, 15) is 0 Å². The summed E-state index contributed by atoms with van der Waals surface area (Å²) >= 11 is 0. The molecule has 0 aromatic heterocycles. The topological polar surface area (TPSA) is 12.0 Å². The molecule has 1 nitrogen and oxygen atoms in total. The van der Waals surface area contributed by atoms with E-state index in [1.54, 1.807) is 0 Å². The van der Waals surface area contributed by atoms with E-state index in [-0.39, 0.29) is 0 Å². The summed E-state index contributed by atoms with van der Waals surface area (Å²) in [4.78, 5) is 0. The average molecular weight is 157 g/mol. The molecule has 11 heavy (non-hydrogen) atoms. The Morgan fingerprint density at radius 1 is 1.18 bits per heavy atom. The molecule has 1 heteroatoms. The van der Waals surface area contributed by atoms with Crippen molar-refractivity contribution in [2.75, 3.05) is 6.54 Å². The molecule has 1 N–H and O–H groups in total. The predicted molar refractivity (Wildman–Crippen MR) is 51.8 cm³/mol. The van der Waals surface area contributed by atoms with Crippen LogP contribution in [0.2, 0.25) is 0 Å². The van der Waals surface area contributed by atoms with Crippen LogP contribution in [0.1, 0.15) is 47.0 Å². The van der Waals surface area contributed by atoms with E-state index >= 15 is 0 Å². The summed E-state index contributed by atoms with van der Waals surface area (Å²) in [5.74, 6) is 0.812. The smallest absolute Gasteiger partial charge is 0.00642 e. The number of unbranched alkanes of at least 4 members (excludes halogenated alkanes) is 1. The standard InChI is InChI=1S/C10H23N/c1-5-7-8-11-10(4)9(3)6-2/h9-11H,5-8H2,1-4H3. The maximum Gasteiger partial charge on any atom is 0.00642 e. The van der Waals surface area contributed by atoms with Gasteiger partial charge in [0.25, 0.3) is 0 Å². The molecule has 0 saturated heterocycles. The second-order valence-corrected chi connectivity index (χ2v) is 3.48. The van der Waals surface area contributed by atoms with Crippen LogP contribution in [0.4, 0.5) is 0 Å². The van der Waals surface area contributed by atoms with Crippen molar-refractivity contribution in [2.45, 2.75) is 53.0 Å². The fraction of sp³-hybridized carbons (Fsp3) is 1.00. The Balaban J connectivity index is 3.28. The van der Waals surface area contributed by atoms with Crippen LogP contribution in [0, 0.1) is 5.92 Å². The maximum atomic E-state index is 3.53. The van der Waals surface area contributed by atoms with Gasteiger partial charge in [-0.2, -0.15) is 0 Å². The molecule has 0 amide bonds. The van der Waals surface area contributed by atoms with Crippen molar-refractivity contribution in [1.82, 2.24) is 5.32 Å². The Hall–Kier alpha value is -0.0400. The second kappa shape index (κ2) is 6.66. The molecule has 0 radical (unpaired) electrons. The third-order valence-corrected chi connectivity index (χ3v) is 2.49. The monoisotopic (exact) mass is 157 g/mol. The van der Waals surface area contributed by atoms with E-state index in [0.717, 1.165) is 5.92 Å². The summed E-state index contributed by atoms with van der Waals surface area (Å²) < 4.78 is 0. The van der Waals surface area contributed by atoms with Crippen LogP contribution in [0.3, 0.4) is 0 Å². The highest BCUT2D eigenvalue weighted by atomic mass is 14.9. The van der Waals surface area contributed by atoms with Crippen LogP contribution in [-0.4, -0.2) is 12.6 Å².